The second kappa shape index (κ2) is 7.00. The standard InChI is InChI=1S/C22H17N3O3/c1-25-17-13-6-5-11-15(17)20(26)18(22(25)28)19-16(21(27)24-23-19)12-7-10-14-8-3-2-4-9-14/h2-13,23H,1H3,(H,24,27)/b10-7?,16-12?,19-18-. The molecule has 2 aromatic carbocycles. The van der Waals surface area contributed by atoms with Crippen LogP contribution in [0.4, 0.5) is 5.69 Å². The number of aromatic nitrogens is 2. The second-order valence-electron chi connectivity index (χ2n) is 6.39. The Labute approximate surface area is 160 Å². The largest absolute Gasteiger partial charge is 0.310 e. The van der Waals surface area contributed by atoms with Gasteiger partial charge in [-0.15, -0.1) is 0 Å². The van der Waals surface area contributed by atoms with E-state index in [1.807, 2.05) is 36.4 Å². The van der Waals surface area contributed by atoms with Gasteiger partial charge in [0.25, 0.3) is 11.5 Å². The second-order valence-corrected chi connectivity index (χ2v) is 6.39. The predicted octanol–water partition coefficient (Wildman–Crippen LogP) is 1.21. The van der Waals surface area contributed by atoms with Gasteiger partial charge in [-0.25, -0.2) is 0 Å². The molecule has 0 fully saturated rings. The van der Waals surface area contributed by atoms with Crippen molar-refractivity contribution < 1.29 is 9.59 Å². The number of Topliss-reactive ketones (excluding diaryl/α,β-unsaturated/α-hetero) is 1. The molecule has 6 heteroatoms. The number of H-pyrrole nitrogens is 2. The zero-order valence-corrected chi connectivity index (χ0v) is 15.1. The molecule has 0 atom stereocenters. The molecular formula is C22H17N3O3. The van der Waals surface area contributed by atoms with Crippen molar-refractivity contribution in [2.75, 3.05) is 11.9 Å². The number of carbonyl (C=O) groups excluding carboxylic acids is 2. The SMILES string of the molecule is CN1C(=O)/C(=c2\[nH][nH]c(=O)c2=CC=Cc2ccccc2)C(=O)c2ccccc21. The van der Waals surface area contributed by atoms with E-state index >= 15 is 0 Å². The van der Waals surface area contributed by atoms with Gasteiger partial charge in [-0.2, -0.15) is 0 Å². The number of nitrogens with zero attached hydrogens (tertiary/aromatic N) is 1. The Bertz CT molecular complexity index is 1280. The molecule has 138 valence electrons. The molecule has 1 amide bonds. The molecular weight excluding hydrogens is 354 g/mol. The average molecular weight is 371 g/mol. The summed E-state index contributed by atoms with van der Waals surface area (Å²) < 4.78 is 0. The maximum Gasteiger partial charge on any atom is 0.271 e. The van der Waals surface area contributed by atoms with Crippen molar-refractivity contribution in [3.63, 3.8) is 0 Å². The number of carbonyl (C=O) groups is 2. The molecule has 1 aliphatic heterocycles. The van der Waals surface area contributed by atoms with Gasteiger partial charge in [0.1, 0.15) is 5.57 Å². The highest BCUT2D eigenvalue weighted by Crippen LogP contribution is 2.28. The molecule has 28 heavy (non-hydrogen) atoms. The molecule has 0 radical (unpaired) electrons. The van der Waals surface area contributed by atoms with E-state index in [-0.39, 0.29) is 16.1 Å². The molecule has 0 aliphatic carbocycles. The van der Waals surface area contributed by atoms with E-state index in [0.717, 1.165) is 5.56 Å². The van der Waals surface area contributed by atoms with Gasteiger partial charge in [0.15, 0.2) is 0 Å². The molecule has 2 N–H and O–H groups in total. The van der Waals surface area contributed by atoms with E-state index in [2.05, 4.69) is 10.2 Å². The zero-order chi connectivity index (χ0) is 19.7. The number of rotatable bonds is 2. The quantitative estimate of drug-likeness (QED) is 0.710. The summed E-state index contributed by atoms with van der Waals surface area (Å²) in [5, 5.41) is 5.60. The first kappa shape index (κ1) is 17.5. The fourth-order valence-corrected chi connectivity index (χ4v) is 3.23. The van der Waals surface area contributed by atoms with E-state index < -0.39 is 17.2 Å². The van der Waals surface area contributed by atoms with Crippen LogP contribution in [0.5, 0.6) is 0 Å². The number of ketones is 1. The van der Waals surface area contributed by atoms with Crippen LogP contribution in [0.2, 0.25) is 0 Å². The molecule has 1 aromatic heterocycles. The first-order chi connectivity index (χ1) is 13.6. The number of nitrogens with one attached hydrogen (secondary N) is 2. The first-order valence-electron chi connectivity index (χ1n) is 8.74. The number of amides is 1. The van der Waals surface area contributed by atoms with Gasteiger partial charge in [-0.05, 0) is 23.8 Å². The maximum atomic E-state index is 13.0. The van der Waals surface area contributed by atoms with E-state index in [4.69, 9.17) is 0 Å². The highest BCUT2D eigenvalue weighted by molar-refractivity contribution is 6.51. The summed E-state index contributed by atoms with van der Waals surface area (Å²) in [5.41, 5.74) is 1.49. The van der Waals surface area contributed by atoms with Crippen molar-refractivity contribution in [1.82, 2.24) is 10.2 Å². The molecule has 0 bridgehead atoms. The van der Waals surface area contributed by atoms with E-state index in [0.29, 0.717) is 11.3 Å². The monoisotopic (exact) mass is 371 g/mol. The van der Waals surface area contributed by atoms with Crippen LogP contribution in [-0.2, 0) is 4.79 Å². The number of hydrogen-bond donors (Lipinski definition) is 2. The summed E-state index contributed by atoms with van der Waals surface area (Å²) in [5.74, 6) is -0.865. The molecule has 1 aliphatic rings. The molecule has 3 aromatic rings. The Morgan fingerprint density at radius 2 is 1.61 bits per heavy atom. The Kier molecular flexibility index (Phi) is 4.37. The highest BCUT2D eigenvalue weighted by Gasteiger charge is 2.33. The normalized spacial score (nSPS) is 16.8. The molecule has 2 heterocycles. The number of aromatic amines is 2. The zero-order valence-electron chi connectivity index (χ0n) is 15.1. The van der Waals surface area contributed by atoms with Crippen molar-refractivity contribution >= 4 is 35.1 Å². The topological polar surface area (TPSA) is 86.0 Å². The number of hydrogen-bond acceptors (Lipinski definition) is 3. The summed E-state index contributed by atoms with van der Waals surface area (Å²) in [6, 6.07) is 16.5. The predicted molar refractivity (Wildman–Crippen MR) is 108 cm³/mol. The average Bonchev–Trinajstić information content (AvgIpc) is 3.08. The van der Waals surface area contributed by atoms with Crippen molar-refractivity contribution in [1.29, 1.82) is 0 Å². The number of para-hydroxylation sites is 1. The van der Waals surface area contributed by atoms with Gasteiger partial charge < -0.3 is 4.90 Å². The summed E-state index contributed by atoms with van der Waals surface area (Å²) in [4.78, 5) is 39.5. The van der Waals surface area contributed by atoms with Gasteiger partial charge in [-0.3, -0.25) is 24.6 Å². The maximum absolute atomic E-state index is 13.0. The van der Waals surface area contributed by atoms with Crippen molar-refractivity contribution in [3.8, 4) is 0 Å². The Morgan fingerprint density at radius 1 is 0.893 bits per heavy atom. The molecule has 4 rings (SSSR count). The van der Waals surface area contributed by atoms with Crippen molar-refractivity contribution in [3.05, 3.63) is 92.7 Å². The fraction of sp³-hybridized carbons (Fsp3) is 0.0455. The molecule has 0 saturated heterocycles. The van der Waals surface area contributed by atoms with E-state index in [1.165, 1.54) is 4.90 Å². The van der Waals surface area contributed by atoms with Crippen LogP contribution in [0.1, 0.15) is 15.9 Å². The van der Waals surface area contributed by atoms with E-state index in [9.17, 15) is 14.4 Å². The Balaban J connectivity index is 1.91. The minimum atomic E-state index is -0.458. The number of allylic oxidation sites excluding steroid dienone is 1. The molecule has 0 spiro atoms. The third-order valence-electron chi connectivity index (χ3n) is 4.67. The number of anilines is 1. The lowest BCUT2D eigenvalue weighted by Gasteiger charge is -2.25. The van der Waals surface area contributed by atoms with Crippen LogP contribution in [0.3, 0.4) is 0 Å². The van der Waals surface area contributed by atoms with Crippen LogP contribution >= 0.6 is 0 Å². The van der Waals surface area contributed by atoms with Crippen LogP contribution in [-0.4, -0.2) is 28.9 Å². The third-order valence-corrected chi connectivity index (χ3v) is 4.67. The summed E-state index contributed by atoms with van der Waals surface area (Å²) >= 11 is 0. The van der Waals surface area contributed by atoms with Gasteiger partial charge >= 0.3 is 0 Å². The fourth-order valence-electron chi connectivity index (χ4n) is 3.23. The Hall–Kier alpha value is -3.93. The lowest BCUT2D eigenvalue weighted by Crippen LogP contribution is -2.44. The smallest absolute Gasteiger partial charge is 0.271 e. The Morgan fingerprint density at radius 3 is 2.39 bits per heavy atom. The van der Waals surface area contributed by atoms with Gasteiger partial charge in [0.05, 0.1) is 16.3 Å². The van der Waals surface area contributed by atoms with Crippen LogP contribution in [0, 0.1) is 0 Å². The summed E-state index contributed by atoms with van der Waals surface area (Å²) in [7, 11) is 1.61. The van der Waals surface area contributed by atoms with Crippen LogP contribution in [0.15, 0.2) is 65.5 Å². The van der Waals surface area contributed by atoms with Gasteiger partial charge in [-0.1, -0.05) is 54.6 Å². The lowest BCUT2D eigenvalue weighted by atomic mass is 9.95. The number of benzene rings is 2. The third kappa shape index (κ3) is 2.91. The highest BCUT2D eigenvalue weighted by atomic mass is 16.2. The van der Waals surface area contributed by atoms with Crippen LogP contribution in [0.25, 0.3) is 17.7 Å². The van der Waals surface area contributed by atoms with Crippen LogP contribution < -0.4 is 21.0 Å². The number of fused-ring (bicyclic) bond motifs is 1. The summed E-state index contributed by atoms with van der Waals surface area (Å²) in [6.07, 6.45) is 5.14. The minimum Gasteiger partial charge on any atom is -0.310 e. The first-order valence-corrected chi connectivity index (χ1v) is 8.74. The molecule has 6 nitrogen and oxygen atoms in total. The minimum absolute atomic E-state index is 0.0566. The van der Waals surface area contributed by atoms with Gasteiger partial charge in [0.2, 0.25) is 5.78 Å². The summed E-state index contributed by atoms with van der Waals surface area (Å²) in [6.45, 7) is 0. The lowest BCUT2D eigenvalue weighted by molar-refractivity contribution is -0.113. The molecule has 0 saturated carbocycles. The van der Waals surface area contributed by atoms with E-state index in [1.54, 1.807) is 43.5 Å². The van der Waals surface area contributed by atoms with Crippen molar-refractivity contribution in [2.45, 2.75) is 0 Å². The van der Waals surface area contributed by atoms with Crippen molar-refractivity contribution in [2.24, 2.45) is 0 Å². The molecule has 0 unspecified atom stereocenters. The van der Waals surface area contributed by atoms with Gasteiger partial charge in [0, 0.05) is 12.6 Å².